The van der Waals surface area contributed by atoms with E-state index in [9.17, 15) is 4.79 Å². The standard InChI is InChI=1S/C8H12N2O2/c1-6(11)4-10-5-8(3-9-10)7(2)12/h3,5-6,11H,4H2,1-2H3/t6-/m0/s1. The van der Waals surface area contributed by atoms with Crippen LogP contribution in [0.5, 0.6) is 0 Å². The summed E-state index contributed by atoms with van der Waals surface area (Å²) < 4.78 is 1.56. The number of aromatic nitrogens is 2. The summed E-state index contributed by atoms with van der Waals surface area (Å²) in [6, 6.07) is 0. The third-order valence-electron chi connectivity index (χ3n) is 1.49. The summed E-state index contributed by atoms with van der Waals surface area (Å²) in [5, 5.41) is 12.9. The van der Waals surface area contributed by atoms with E-state index in [4.69, 9.17) is 5.11 Å². The van der Waals surface area contributed by atoms with Crippen molar-refractivity contribution in [2.24, 2.45) is 0 Å². The molecule has 0 bridgehead atoms. The number of carbonyl (C=O) groups is 1. The Morgan fingerprint density at radius 3 is 2.92 bits per heavy atom. The van der Waals surface area contributed by atoms with Crippen molar-refractivity contribution < 1.29 is 9.90 Å². The molecule has 4 heteroatoms. The number of hydrogen-bond donors (Lipinski definition) is 1. The largest absolute Gasteiger partial charge is 0.391 e. The quantitative estimate of drug-likeness (QED) is 0.667. The van der Waals surface area contributed by atoms with Crippen LogP contribution < -0.4 is 0 Å². The molecule has 0 aliphatic heterocycles. The third kappa shape index (κ3) is 2.17. The second-order valence-corrected chi connectivity index (χ2v) is 2.86. The van der Waals surface area contributed by atoms with Gasteiger partial charge in [0.05, 0.1) is 24.4 Å². The molecule has 66 valence electrons. The van der Waals surface area contributed by atoms with Gasteiger partial charge in [0.2, 0.25) is 0 Å². The van der Waals surface area contributed by atoms with E-state index < -0.39 is 6.10 Å². The zero-order chi connectivity index (χ0) is 9.14. The summed E-state index contributed by atoms with van der Waals surface area (Å²) >= 11 is 0. The predicted molar refractivity (Wildman–Crippen MR) is 43.9 cm³/mol. The van der Waals surface area contributed by atoms with Crippen molar-refractivity contribution in [1.82, 2.24) is 9.78 Å². The second kappa shape index (κ2) is 3.49. The predicted octanol–water partition coefficient (Wildman–Crippen LogP) is 0.467. The number of nitrogens with zero attached hydrogens (tertiary/aromatic N) is 2. The van der Waals surface area contributed by atoms with Crippen LogP contribution in [0.3, 0.4) is 0 Å². The highest BCUT2D eigenvalue weighted by Crippen LogP contribution is 1.99. The smallest absolute Gasteiger partial charge is 0.162 e. The zero-order valence-corrected chi connectivity index (χ0v) is 7.19. The number of Topliss-reactive ketones (excluding diaryl/α,β-unsaturated/α-hetero) is 1. The molecule has 12 heavy (non-hydrogen) atoms. The van der Waals surface area contributed by atoms with Crippen molar-refractivity contribution in [2.45, 2.75) is 26.5 Å². The molecule has 0 fully saturated rings. The van der Waals surface area contributed by atoms with Gasteiger partial charge in [0, 0.05) is 6.20 Å². The molecule has 0 amide bonds. The molecule has 1 atom stereocenters. The topological polar surface area (TPSA) is 55.1 Å². The maximum Gasteiger partial charge on any atom is 0.162 e. The Kier molecular flexibility index (Phi) is 2.60. The van der Waals surface area contributed by atoms with Gasteiger partial charge in [-0.3, -0.25) is 9.48 Å². The number of aliphatic hydroxyl groups excluding tert-OH is 1. The van der Waals surface area contributed by atoms with Crippen LogP contribution in [0.4, 0.5) is 0 Å². The van der Waals surface area contributed by atoms with Crippen LogP contribution in [0.2, 0.25) is 0 Å². The van der Waals surface area contributed by atoms with Crippen molar-refractivity contribution in [3.05, 3.63) is 18.0 Å². The summed E-state index contributed by atoms with van der Waals surface area (Å²) in [6.07, 6.45) is 2.70. The number of carbonyl (C=O) groups excluding carboxylic acids is 1. The molecule has 1 N–H and O–H groups in total. The highest BCUT2D eigenvalue weighted by atomic mass is 16.3. The molecule has 4 nitrogen and oxygen atoms in total. The molecule has 0 aromatic carbocycles. The van der Waals surface area contributed by atoms with E-state index in [0.29, 0.717) is 12.1 Å². The number of aliphatic hydroxyl groups is 1. The normalized spacial score (nSPS) is 12.9. The zero-order valence-electron chi connectivity index (χ0n) is 7.19. The minimum absolute atomic E-state index is 0.00755. The lowest BCUT2D eigenvalue weighted by molar-refractivity contribution is 0.101. The fourth-order valence-electron chi connectivity index (χ4n) is 0.916. The monoisotopic (exact) mass is 168 g/mol. The lowest BCUT2D eigenvalue weighted by Crippen LogP contribution is -2.11. The van der Waals surface area contributed by atoms with E-state index in [1.54, 1.807) is 17.8 Å². The number of hydrogen-bond acceptors (Lipinski definition) is 3. The molecule has 1 aromatic rings. The molecule has 0 aliphatic rings. The Bertz CT molecular complexity index is 278. The Morgan fingerprint density at radius 2 is 2.50 bits per heavy atom. The van der Waals surface area contributed by atoms with E-state index in [2.05, 4.69) is 5.10 Å². The first-order chi connectivity index (χ1) is 5.59. The van der Waals surface area contributed by atoms with E-state index in [1.807, 2.05) is 0 Å². The molecular weight excluding hydrogens is 156 g/mol. The van der Waals surface area contributed by atoms with Gasteiger partial charge in [0.15, 0.2) is 5.78 Å². The minimum Gasteiger partial charge on any atom is -0.391 e. The summed E-state index contributed by atoms with van der Waals surface area (Å²) in [5.74, 6) is -0.00755. The van der Waals surface area contributed by atoms with Crippen LogP contribution in [0.25, 0.3) is 0 Å². The highest BCUT2D eigenvalue weighted by molar-refractivity contribution is 5.93. The van der Waals surface area contributed by atoms with Crippen LogP contribution in [0.15, 0.2) is 12.4 Å². The van der Waals surface area contributed by atoms with Gasteiger partial charge in [-0.1, -0.05) is 0 Å². The third-order valence-corrected chi connectivity index (χ3v) is 1.49. The lowest BCUT2D eigenvalue weighted by atomic mass is 10.3. The van der Waals surface area contributed by atoms with Gasteiger partial charge in [0.25, 0.3) is 0 Å². The van der Waals surface area contributed by atoms with Crippen molar-refractivity contribution in [1.29, 1.82) is 0 Å². The van der Waals surface area contributed by atoms with Crippen LogP contribution in [-0.4, -0.2) is 26.8 Å². The first-order valence-corrected chi connectivity index (χ1v) is 3.81. The van der Waals surface area contributed by atoms with Gasteiger partial charge < -0.3 is 5.11 Å². The fourth-order valence-corrected chi connectivity index (χ4v) is 0.916. The molecule has 0 unspecified atom stereocenters. The number of ketones is 1. The first kappa shape index (κ1) is 8.93. The average Bonchev–Trinajstić information content (AvgIpc) is 2.34. The molecule has 0 radical (unpaired) electrons. The van der Waals surface area contributed by atoms with Gasteiger partial charge in [-0.25, -0.2) is 0 Å². The summed E-state index contributed by atoms with van der Waals surface area (Å²) in [7, 11) is 0. The Hall–Kier alpha value is -1.16. The van der Waals surface area contributed by atoms with E-state index in [1.165, 1.54) is 13.1 Å². The molecule has 1 aromatic heterocycles. The summed E-state index contributed by atoms with van der Waals surface area (Å²) in [4.78, 5) is 10.8. The van der Waals surface area contributed by atoms with E-state index in [0.717, 1.165) is 0 Å². The second-order valence-electron chi connectivity index (χ2n) is 2.86. The van der Waals surface area contributed by atoms with Gasteiger partial charge in [-0.15, -0.1) is 0 Å². The average molecular weight is 168 g/mol. The lowest BCUT2D eigenvalue weighted by Gasteiger charge is -2.02. The van der Waals surface area contributed by atoms with Crippen LogP contribution in [0, 0.1) is 0 Å². The van der Waals surface area contributed by atoms with Gasteiger partial charge in [-0.2, -0.15) is 5.10 Å². The molecule has 1 rings (SSSR count). The van der Waals surface area contributed by atoms with Crippen molar-refractivity contribution >= 4 is 5.78 Å². The maximum atomic E-state index is 10.8. The van der Waals surface area contributed by atoms with Gasteiger partial charge >= 0.3 is 0 Å². The van der Waals surface area contributed by atoms with Crippen molar-refractivity contribution in [3.8, 4) is 0 Å². The SMILES string of the molecule is CC(=O)c1cnn(C[C@H](C)O)c1. The van der Waals surface area contributed by atoms with Gasteiger partial charge in [-0.05, 0) is 13.8 Å². The van der Waals surface area contributed by atoms with Crippen molar-refractivity contribution in [2.75, 3.05) is 0 Å². The van der Waals surface area contributed by atoms with E-state index in [-0.39, 0.29) is 5.78 Å². The van der Waals surface area contributed by atoms with Gasteiger partial charge in [0.1, 0.15) is 0 Å². The van der Waals surface area contributed by atoms with Crippen LogP contribution in [-0.2, 0) is 6.54 Å². The minimum atomic E-state index is -0.440. The van der Waals surface area contributed by atoms with E-state index >= 15 is 0 Å². The Balaban J connectivity index is 2.71. The molecule has 0 saturated carbocycles. The molecule has 0 spiro atoms. The Labute approximate surface area is 70.8 Å². The summed E-state index contributed by atoms with van der Waals surface area (Å²) in [6.45, 7) is 3.59. The van der Waals surface area contributed by atoms with Crippen molar-refractivity contribution in [3.63, 3.8) is 0 Å². The molecule has 0 saturated heterocycles. The number of rotatable bonds is 3. The summed E-state index contributed by atoms with van der Waals surface area (Å²) in [5.41, 5.74) is 0.579. The fraction of sp³-hybridized carbons (Fsp3) is 0.500. The first-order valence-electron chi connectivity index (χ1n) is 3.81. The van der Waals surface area contributed by atoms with Crippen LogP contribution in [0.1, 0.15) is 24.2 Å². The molecule has 1 heterocycles. The highest BCUT2D eigenvalue weighted by Gasteiger charge is 2.04. The van der Waals surface area contributed by atoms with Crippen LogP contribution >= 0.6 is 0 Å². The molecule has 0 aliphatic carbocycles. The molecular formula is C8H12N2O2. The maximum absolute atomic E-state index is 10.8. The Morgan fingerprint density at radius 1 is 1.83 bits per heavy atom.